The van der Waals surface area contributed by atoms with E-state index in [0.717, 1.165) is 5.69 Å². The Morgan fingerprint density at radius 2 is 2.38 bits per heavy atom. The Labute approximate surface area is 75.4 Å². The van der Waals surface area contributed by atoms with E-state index in [2.05, 4.69) is 0 Å². The van der Waals surface area contributed by atoms with Crippen molar-refractivity contribution in [2.45, 2.75) is 18.4 Å². The molecule has 1 heterocycles. The maximum Gasteiger partial charge on any atom is 0.340 e. The van der Waals surface area contributed by atoms with E-state index in [-0.39, 0.29) is 6.42 Å². The first-order chi connectivity index (χ1) is 6.05. The predicted molar refractivity (Wildman–Crippen MR) is 45.3 cm³/mol. The van der Waals surface area contributed by atoms with Crippen LogP contribution in [-0.2, 0) is 23.9 Å². The highest BCUT2D eigenvalue weighted by atomic mass is 16.4. The Balaban J connectivity index is 2.55. The van der Waals surface area contributed by atoms with Crippen molar-refractivity contribution in [3.63, 3.8) is 0 Å². The largest absolute Gasteiger partial charge is 0.479 e. The van der Waals surface area contributed by atoms with Crippen molar-refractivity contribution in [3.05, 3.63) is 23.5 Å². The standard InChI is InChI=1S/C9H11NO3/c1-10-5-3-6-7(10)2-4-9(6,13)8(11)12/h3,5,13H,2,4H2,1H3,(H,11,12). The van der Waals surface area contributed by atoms with Crippen LogP contribution in [0, 0.1) is 0 Å². The summed E-state index contributed by atoms with van der Waals surface area (Å²) in [5, 5.41) is 18.7. The third-order valence-corrected chi connectivity index (χ3v) is 2.72. The van der Waals surface area contributed by atoms with E-state index in [1.165, 1.54) is 0 Å². The van der Waals surface area contributed by atoms with Gasteiger partial charge in [-0.3, -0.25) is 0 Å². The molecule has 4 heteroatoms. The molecule has 1 aromatic heterocycles. The molecule has 0 radical (unpaired) electrons. The lowest BCUT2D eigenvalue weighted by Crippen LogP contribution is -2.32. The monoisotopic (exact) mass is 181 g/mol. The number of aryl methyl sites for hydroxylation is 1. The molecule has 0 bridgehead atoms. The number of fused-ring (bicyclic) bond motifs is 1. The summed E-state index contributed by atoms with van der Waals surface area (Å²) < 4.78 is 1.86. The number of aliphatic hydroxyl groups is 1. The molecule has 1 aliphatic carbocycles. The molecule has 1 unspecified atom stereocenters. The number of aliphatic carboxylic acids is 1. The SMILES string of the molecule is Cn1ccc2c1CCC2(O)C(=O)O. The van der Waals surface area contributed by atoms with Gasteiger partial charge in [0.15, 0.2) is 5.60 Å². The summed E-state index contributed by atoms with van der Waals surface area (Å²) in [5.74, 6) is -1.16. The first-order valence-corrected chi connectivity index (χ1v) is 4.16. The van der Waals surface area contributed by atoms with Crippen molar-refractivity contribution < 1.29 is 15.0 Å². The van der Waals surface area contributed by atoms with Gasteiger partial charge in [0, 0.05) is 24.5 Å². The van der Waals surface area contributed by atoms with Gasteiger partial charge in [-0.15, -0.1) is 0 Å². The first kappa shape index (κ1) is 8.31. The minimum Gasteiger partial charge on any atom is -0.479 e. The van der Waals surface area contributed by atoms with E-state index in [9.17, 15) is 9.90 Å². The van der Waals surface area contributed by atoms with Crippen LogP contribution in [-0.4, -0.2) is 20.7 Å². The van der Waals surface area contributed by atoms with Crippen molar-refractivity contribution in [1.82, 2.24) is 4.57 Å². The van der Waals surface area contributed by atoms with Crippen LogP contribution in [0.4, 0.5) is 0 Å². The van der Waals surface area contributed by atoms with E-state index < -0.39 is 11.6 Å². The summed E-state index contributed by atoms with van der Waals surface area (Å²) in [6.45, 7) is 0. The van der Waals surface area contributed by atoms with Crippen molar-refractivity contribution >= 4 is 5.97 Å². The zero-order valence-electron chi connectivity index (χ0n) is 7.32. The van der Waals surface area contributed by atoms with Crippen LogP contribution < -0.4 is 0 Å². The quantitative estimate of drug-likeness (QED) is 0.652. The number of hydrogen-bond acceptors (Lipinski definition) is 2. The molecule has 2 N–H and O–H groups in total. The highest BCUT2D eigenvalue weighted by Gasteiger charge is 2.44. The molecule has 13 heavy (non-hydrogen) atoms. The molecule has 0 amide bonds. The first-order valence-electron chi connectivity index (χ1n) is 4.16. The number of hydrogen-bond donors (Lipinski definition) is 2. The Bertz CT molecular complexity index is 369. The number of carboxylic acids is 1. The fraction of sp³-hybridized carbons (Fsp3) is 0.444. The van der Waals surface area contributed by atoms with Crippen LogP contribution in [0.5, 0.6) is 0 Å². The lowest BCUT2D eigenvalue weighted by molar-refractivity contribution is -0.159. The van der Waals surface area contributed by atoms with Gasteiger partial charge in [-0.2, -0.15) is 0 Å². The molecule has 0 saturated heterocycles. The summed E-state index contributed by atoms with van der Waals surface area (Å²) in [7, 11) is 1.85. The lowest BCUT2D eigenvalue weighted by Gasteiger charge is -2.16. The van der Waals surface area contributed by atoms with Gasteiger partial charge < -0.3 is 14.8 Å². The normalized spacial score (nSPS) is 26.0. The minimum atomic E-state index is -1.66. The van der Waals surface area contributed by atoms with E-state index in [0.29, 0.717) is 12.0 Å². The van der Waals surface area contributed by atoms with Gasteiger partial charge in [-0.25, -0.2) is 4.79 Å². The van der Waals surface area contributed by atoms with Gasteiger partial charge >= 0.3 is 5.97 Å². The Kier molecular flexibility index (Phi) is 1.51. The molecule has 2 rings (SSSR count). The second kappa shape index (κ2) is 2.35. The maximum absolute atomic E-state index is 10.8. The highest BCUT2D eigenvalue weighted by molar-refractivity contribution is 5.80. The second-order valence-electron chi connectivity index (χ2n) is 3.45. The van der Waals surface area contributed by atoms with Crippen LogP contribution in [0.3, 0.4) is 0 Å². The van der Waals surface area contributed by atoms with Gasteiger partial charge in [0.05, 0.1) is 0 Å². The topological polar surface area (TPSA) is 62.5 Å². The van der Waals surface area contributed by atoms with Gasteiger partial charge in [-0.05, 0) is 18.9 Å². The molecule has 1 atom stereocenters. The molecule has 70 valence electrons. The third kappa shape index (κ3) is 0.920. The van der Waals surface area contributed by atoms with E-state index in [4.69, 9.17) is 5.11 Å². The fourth-order valence-corrected chi connectivity index (χ4v) is 1.91. The molecule has 4 nitrogen and oxygen atoms in total. The fourth-order valence-electron chi connectivity index (χ4n) is 1.91. The molecule has 0 aliphatic heterocycles. The Morgan fingerprint density at radius 3 is 3.00 bits per heavy atom. The zero-order chi connectivity index (χ0) is 9.64. The van der Waals surface area contributed by atoms with Crippen LogP contribution in [0.15, 0.2) is 12.3 Å². The van der Waals surface area contributed by atoms with Crippen LogP contribution in [0.25, 0.3) is 0 Å². The van der Waals surface area contributed by atoms with E-state index >= 15 is 0 Å². The smallest absolute Gasteiger partial charge is 0.340 e. The van der Waals surface area contributed by atoms with Gasteiger partial charge in [-0.1, -0.05) is 0 Å². The van der Waals surface area contributed by atoms with Crippen molar-refractivity contribution in [2.75, 3.05) is 0 Å². The maximum atomic E-state index is 10.8. The summed E-state index contributed by atoms with van der Waals surface area (Å²) in [5.41, 5.74) is -0.191. The third-order valence-electron chi connectivity index (χ3n) is 2.72. The molecular weight excluding hydrogens is 170 g/mol. The zero-order valence-corrected chi connectivity index (χ0v) is 7.32. The number of carbonyl (C=O) groups is 1. The molecular formula is C9H11NO3. The molecule has 0 saturated carbocycles. The average molecular weight is 181 g/mol. The van der Waals surface area contributed by atoms with Crippen molar-refractivity contribution in [1.29, 1.82) is 0 Å². The molecule has 0 fully saturated rings. The highest BCUT2D eigenvalue weighted by Crippen LogP contribution is 2.37. The van der Waals surface area contributed by atoms with Gasteiger partial charge in [0.1, 0.15) is 0 Å². The van der Waals surface area contributed by atoms with E-state index in [1.807, 2.05) is 11.6 Å². The Hall–Kier alpha value is -1.29. The number of rotatable bonds is 1. The van der Waals surface area contributed by atoms with E-state index in [1.54, 1.807) is 12.3 Å². The lowest BCUT2D eigenvalue weighted by atomic mass is 9.99. The van der Waals surface area contributed by atoms with Crippen molar-refractivity contribution in [3.8, 4) is 0 Å². The van der Waals surface area contributed by atoms with Crippen molar-refractivity contribution in [2.24, 2.45) is 7.05 Å². The van der Waals surface area contributed by atoms with Gasteiger partial charge in [0.25, 0.3) is 0 Å². The van der Waals surface area contributed by atoms with Gasteiger partial charge in [0.2, 0.25) is 0 Å². The Morgan fingerprint density at radius 1 is 1.69 bits per heavy atom. The molecule has 1 aromatic rings. The number of aromatic nitrogens is 1. The summed E-state index contributed by atoms with van der Waals surface area (Å²) >= 11 is 0. The summed E-state index contributed by atoms with van der Waals surface area (Å²) in [4.78, 5) is 10.8. The summed E-state index contributed by atoms with van der Waals surface area (Å²) in [6.07, 6.45) is 2.68. The summed E-state index contributed by atoms with van der Waals surface area (Å²) in [6, 6.07) is 1.68. The predicted octanol–water partition coefficient (Wildman–Crippen LogP) is 0.243. The number of carboxylic acid groups (broad SMARTS) is 1. The van der Waals surface area contributed by atoms with Crippen LogP contribution >= 0.6 is 0 Å². The van der Waals surface area contributed by atoms with Crippen LogP contribution in [0.1, 0.15) is 17.7 Å². The average Bonchev–Trinajstić information content (AvgIpc) is 2.57. The second-order valence-corrected chi connectivity index (χ2v) is 3.45. The van der Waals surface area contributed by atoms with Crippen LogP contribution in [0.2, 0.25) is 0 Å². The minimum absolute atomic E-state index is 0.279. The molecule has 1 aliphatic rings. The number of nitrogens with zero attached hydrogens (tertiary/aromatic N) is 1. The molecule has 0 spiro atoms. The molecule has 0 aromatic carbocycles.